The molecule has 2 aliphatic heterocycles. The van der Waals surface area contributed by atoms with Crippen molar-refractivity contribution in [2.75, 3.05) is 45.2 Å². The standard InChI is InChI=1S/C30H38ClN3O2/c1-32(2)28(35)26-10-9-25(21-27(26)31)33-17-11-22(12-18-33)23-13-19-34(20-14-23)29(36)30(15-6-16-30)24-7-4-3-5-8-24/h3-5,7-10,21-23H,6,11-20H2,1-2H3. The van der Waals surface area contributed by atoms with Gasteiger partial charge in [-0.3, -0.25) is 9.59 Å². The molecule has 3 fully saturated rings. The zero-order valence-electron chi connectivity index (χ0n) is 21.6. The first-order valence-corrected chi connectivity index (χ1v) is 13.9. The van der Waals surface area contributed by atoms with Gasteiger partial charge in [0, 0.05) is 46.0 Å². The summed E-state index contributed by atoms with van der Waals surface area (Å²) in [6.07, 6.45) is 7.70. The number of hydrogen-bond acceptors (Lipinski definition) is 3. The van der Waals surface area contributed by atoms with Gasteiger partial charge >= 0.3 is 0 Å². The molecule has 0 spiro atoms. The van der Waals surface area contributed by atoms with Crippen LogP contribution in [-0.4, -0.2) is 61.9 Å². The Morgan fingerprint density at radius 3 is 2.03 bits per heavy atom. The quantitative estimate of drug-likeness (QED) is 0.527. The average Bonchev–Trinajstić information content (AvgIpc) is 2.88. The van der Waals surface area contributed by atoms with Gasteiger partial charge in [0.2, 0.25) is 5.91 Å². The van der Waals surface area contributed by atoms with Crippen LogP contribution in [0.4, 0.5) is 5.69 Å². The highest BCUT2D eigenvalue weighted by atomic mass is 35.5. The molecule has 0 N–H and O–H groups in total. The van der Waals surface area contributed by atoms with Crippen LogP contribution in [0.15, 0.2) is 48.5 Å². The van der Waals surface area contributed by atoms with Crippen molar-refractivity contribution in [1.82, 2.24) is 9.80 Å². The van der Waals surface area contributed by atoms with Gasteiger partial charge in [-0.1, -0.05) is 48.4 Å². The number of benzene rings is 2. The number of halogens is 1. The highest BCUT2D eigenvalue weighted by molar-refractivity contribution is 6.34. The van der Waals surface area contributed by atoms with E-state index in [2.05, 4.69) is 34.1 Å². The number of likely N-dealkylation sites (tertiary alicyclic amines) is 1. The third kappa shape index (κ3) is 4.74. The second kappa shape index (κ2) is 10.5. The molecule has 36 heavy (non-hydrogen) atoms. The number of anilines is 1. The van der Waals surface area contributed by atoms with Crippen LogP contribution in [0, 0.1) is 11.8 Å². The minimum atomic E-state index is -0.270. The predicted molar refractivity (Wildman–Crippen MR) is 146 cm³/mol. The molecule has 3 aliphatic rings. The number of nitrogens with zero attached hydrogens (tertiary/aromatic N) is 3. The van der Waals surface area contributed by atoms with E-state index in [0.717, 1.165) is 69.9 Å². The molecule has 0 atom stereocenters. The van der Waals surface area contributed by atoms with E-state index in [1.807, 2.05) is 24.3 Å². The minimum absolute atomic E-state index is 0.0675. The first-order chi connectivity index (χ1) is 17.4. The van der Waals surface area contributed by atoms with E-state index in [0.29, 0.717) is 22.4 Å². The van der Waals surface area contributed by atoms with Gasteiger partial charge in [0.25, 0.3) is 5.91 Å². The van der Waals surface area contributed by atoms with E-state index in [1.54, 1.807) is 19.0 Å². The normalized spacial score (nSPS) is 20.6. The molecule has 2 saturated heterocycles. The fourth-order valence-electron chi connectivity index (χ4n) is 6.53. The first kappa shape index (κ1) is 25.1. The largest absolute Gasteiger partial charge is 0.371 e. The summed E-state index contributed by atoms with van der Waals surface area (Å²) in [6, 6.07) is 16.2. The monoisotopic (exact) mass is 507 g/mol. The number of carbonyl (C=O) groups excluding carboxylic acids is 2. The molecular weight excluding hydrogens is 470 g/mol. The lowest BCUT2D eigenvalue weighted by Gasteiger charge is -2.47. The molecule has 0 radical (unpaired) electrons. The van der Waals surface area contributed by atoms with Gasteiger partial charge in [0.1, 0.15) is 0 Å². The minimum Gasteiger partial charge on any atom is -0.371 e. The van der Waals surface area contributed by atoms with E-state index in [9.17, 15) is 9.59 Å². The van der Waals surface area contributed by atoms with Crippen LogP contribution in [0.25, 0.3) is 0 Å². The van der Waals surface area contributed by atoms with E-state index >= 15 is 0 Å². The van der Waals surface area contributed by atoms with Crippen LogP contribution >= 0.6 is 11.6 Å². The molecule has 6 heteroatoms. The fraction of sp³-hybridized carbons (Fsp3) is 0.533. The van der Waals surface area contributed by atoms with E-state index in [4.69, 9.17) is 11.6 Å². The zero-order chi connectivity index (χ0) is 25.3. The highest BCUT2D eigenvalue weighted by Gasteiger charge is 2.48. The van der Waals surface area contributed by atoms with Gasteiger partial charge in [0.05, 0.1) is 16.0 Å². The highest BCUT2D eigenvalue weighted by Crippen LogP contribution is 2.46. The van der Waals surface area contributed by atoms with Crippen molar-refractivity contribution in [3.8, 4) is 0 Å². The van der Waals surface area contributed by atoms with Crippen LogP contribution in [0.2, 0.25) is 5.02 Å². The Morgan fingerprint density at radius 2 is 1.50 bits per heavy atom. The predicted octanol–water partition coefficient (Wildman–Crippen LogP) is 5.62. The molecular formula is C30H38ClN3O2. The third-order valence-corrected chi connectivity index (χ3v) is 9.24. The Bertz CT molecular complexity index is 1080. The molecule has 1 saturated carbocycles. The SMILES string of the molecule is CN(C)C(=O)c1ccc(N2CCC(C3CCN(C(=O)C4(c5ccccc5)CCC4)CC3)CC2)cc1Cl. The molecule has 0 unspecified atom stereocenters. The number of amides is 2. The van der Waals surface area contributed by atoms with Crippen molar-refractivity contribution in [3.63, 3.8) is 0 Å². The summed E-state index contributed by atoms with van der Waals surface area (Å²) in [7, 11) is 3.48. The maximum absolute atomic E-state index is 13.6. The van der Waals surface area contributed by atoms with Crippen molar-refractivity contribution >= 4 is 29.1 Å². The van der Waals surface area contributed by atoms with Gasteiger partial charge in [0.15, 0.2) is 0 Å². The molecule has 192 valence electrons. The average molecular weight is 508 g/mol. The fourth-order valence-corrected chi connectivity index (χ4v) is 6.79. The van der Waals surface area contributed by atoms with Gasteiger partial charge in [-0.05, 0) is 74.1 Å². The Balaban J connectivity index is 1.14. The summed E-state index contributed by atoms with van der Waals surface area (Å²) in [6.45, 7) is 3.82. The summed E-state index contributed by atoms with van der Waals surface area (Å²) in [5.41, 5.74) is 2.58. The topological polar surface area (TPSA) is 43.9 Å². The maximum Gasteiger partial charge on any atom is 0.254 e. The molecule has 1 aliphatic carbocycles. The lowest BCUT2D eigenvalue weighted by molar-refractivity contribution is -0.142. The Hall–Kier alpha value is -2.53. The second-order valence-corrected chi connectivity index (χ2v) is 11.5. The summed E-state index contributed by atoms with van der Waals surface area (Å²) in [5.74, 6) is 1.72. The van der Waals surface area contributed by atoms with Crippen LogP contribution in [0.3, 0.4) is 0 Å². The van der Waals surface area contributed by atoms with Crippen LogP contribution < -0.4 is 4.90 Å². The first-order valence-electron chi connectivity index (χ1n) is 13.5. The molecule has 0 bridgehead atoms. The molecule has 2 heterocycles. The van der Waals surface area contributed by atoms with Crippen molar-refractivity contribution in [2.24, 2.45) is 11.8 Å². The van der Waals surface area contributed by atoms with Gasteiger partial charge in [-0.25, -0.2) is 0 Å². The zero-order valence-corrected chi connectivity index (χ0v) is 22.3. The number of carbonyl (C=O) groups is 2. The Kier molecular flexibility index (Phi) is 7.30. The van der Waals surface area contributed by atoms with E-state index in [1.165, 1.54) is 18.4 Å². The Labute approximate surface area is 220 Å². The molecule has 2 amide bonds. The van der Waals surface area contributed by atoms with Crippen molar-refractivity contribution < 1.29 is 9.59 Å². The maximum atomic E-state index is 13.6. The van der Waals surface area contributed by atoms with Gasteiger partial charge in [-0.2, -0.15) is 0 Å². The third-order valence-electron chi connectivity index (χ3n) is 8.93. The van der Waals surface area contributed by atoms with Crippen LogP contribution in [0.5, 0.6) is 0 Å². The lowest BCUT2D eigenvalue weighted by atomic mass is 9.63. The number of rotatable bonds is 5. The lowest BCUT2D eigenvalue weighted by Crippen LogP contribution is -2.53. The van der Waals surface area contributed by atoms with Gasteiger partial charge < -0.3 is 14.7 Å². The van der Waals surface area contributed by atoms with Crippen molar-refractivity contribution in [3.05, 3.63) is 64.7 Å². The molecule has 5 rings (SSSR count). The molecule has 2 aromatic carbocycles. The van der Waals surface area contributed by atoms with Crippen LogP contribution in [0.1, 0.15) is 60.9 Å². The van der Waals surface area contributed by atoms with Gasteiger partial charge in [-0.15, -0.1) is 0 Å². The smallest absolute Gasteiger partial charge is 0.254 e. The number of hydrogen-bond donors (Lipinski definition) is 0. The van der Waals surface area contributed by atoms with Crippen LogP contribution in [-0.2, 0) is 10.2 Å². The van der Waals surface area contributed by atoms with Crippen molar-refractivity contribution in [2.45, 2.75) is 50.4 Å². The number of piperidine rings is 2. The van der Waals surface area contributed by atoms with E-state index < -0.39 is 0 Å². The molecule has 5 nitrogen and oxygen atoms in total. The second-order valence-electron chi connectivity index (χ2n) is 11.1. The molecule has 2 aromatic rings. The van der Waals surface area contributed by atoms with Crippen molar-refractivity contribution in [1.29, 1.82) is 0 Å². The Morgan fingerprint density at radius 1 is 0.889 bits per heavy atom. The summed E-state index contributed by atoms with van der Waals surface area (Å²) >= 11 is 6.46. The summed E-state index contributed by atoms with van der Waals surface area (Å²) in [4.78, 5) is 32.0. The van der Waals surface area contributed by atoms with E-state index in [-0.39, 0.29) is 11.3 Å². The summed E-state index contributed by atoms with van der Waals surface area (Å²) in [5, 5.41) is 0.519. The summed E-state index contributed by atoms with van der Waals surface area (Å²) < 4.78 is 0. The molecule has 0 aromatic heterocycles.